The van der Waals surface area contributed by atoms with Crippen molar-refractivity contribution in [2.75, 3.05) is 13.1 Å². The maximum absolute atomic E-state index is 13.0. The molecule has 7 rings (SSSR count). The smallest absolute Gasteiger partial charge is 0.330 e. The molecule has 11 heteroatoms. The van der Waals surface area contributed by atoms with Crippen LogP contribution >= 0.6 is 0 Å². The van der Waals surface area contributed by atoms with E-state index in [2.05, 4.69) is 25.7 Å². The molecule has 3 heterocycles. The number of carboxylic acids is 2. The van der Waals surface area contributed by atoms with Gasteiger partial charge in [-0.05, 0) is 88.4 Å². The number of carboxylic acid groups (broad SMARTS) is 2. The van der Waals surface area contributed by atoms with Crippen molar-refractivity contribution in [1.82, 2.24) is 4.90 Å². The standard InChI is InChI=1S/C37H55NO10/c1-18-6-7-24-21(4)27-23(17-38(24)16-18)22-15-36-29(28(22)35(46,30(27)40)11-9-20(3)32(43)44)25(39)14-26-33(36,5)12-13-34(45,37(26,47)48-36)10-8-19(2)31(41)42/h8-9,18,21-30,39-40,45-47H,6-7,10-17H2,1-5H3,(H,41,42)(H,43,44)/b19-8-,20-9-/t18-,21-,22-,23+,24-,25+,26+,27+,28+,29-,30+,33+,34-,35+,36+,37-/m0/s1. The van der Waals surface area contributed by atoms with Crippen LogP contribution < -0.4 is 0 Å². The summed E-state index contributed by atoms with van der Waals surface area (Å²) in [6, 6.07) is 0.267. The third-order valence-electron chi connectivity index (χ3n) is 15.4. The highest BCUT2D eigenvalue weighted by Crippen LogP contribution is 2.78. The summed E-state index contributed by atoms with van der Waals surface area (Å²) in [4.78, 5) is 26.0. The first-order valence-corrected chi connectivity index (χ1v) is 18.1. The number of nitrogens with zero attached hydrogens (tertiary/aromatic N) is 1. The topological polar surface area (TPSA) is 188 Å². The summed E-state index contributed by atoms with van der Waals surface area (Å²) in [5, 5.41) is 81.4. The molecule has 0 unspecified atom stereocenters. The highest BCUT2D eigenvalue weighted by atomic mass is 16.7. The first-order chi connectivity index (χ1) is 22.3. The monoisotopic (exact) mass is 673 g/mol. The minimum atomic E-state index is -2.07. The second-order valence-corrected chi connectivity index (χ2v) is 17.4. The van der Waals surface area contributed by atoms with Crippen LogP contribution in [0.25, 0.3) is 0 Å². The van der Waals surface area contributed by atoms with Gasteiger partial charge in [0.25, 0.3) is 0 Å². The molecule has 7 N–H and O–H groups in total. The van der Waals surface area contributed by atoms with Gasteiger partial charge in [0.2, 0.25) is 0 Å². The van der Waals surface area contributed by atoms with Crippen LogP contribution in [0.4, 0.5) is 0 Å². The highest BCUT2D eigenvalue weighted by Gasteiger charge is 2.85. The Morgan fingerprint density at radius 3 is 2.19 bits per heavy atom. The van der Waals surface area contributed by atoms with E-state index in [0.29, 0.717) is 18.8 Å². The van der Waals surface area contributed by atoms with Crippen LogP contribution in [0.15, 0.2) is 23.3 Å². The van der Waals surface area contributed by atoms with Gasteiger partial charge in [0.1, 0.15) is 5.60 Å². The van der Waals surface area contributed by atoms with E-state index in [1.807, 2.05) is 0 Å². The minimum Gasteiger partial charge on any atom is -0.478 e. The van der Waals surface area contributed by atoms with Crippen molar-refractivity contribution in [3.63, 3.8) is 0 Å². The number of ether oxygens (including phenoxy) is 1. The van der Waals surface area contributed by atoms with E-state index in [-0.39, 0.29) is 66.5 Å². The van der Waals surface area contributed by atoms with Gasteiger partial charge in [-0.2, -0.15) is 0 Å². The molecule has 0 aromatic rings. The molecule has 7 fully saturated rings. The average Bonchev–Trinajstić information content (AvgIpc) is 3.41. The van der Waals surface area contributed by atoms with E-state index in [9.17, 15) is 45.3 Å². The van der Waals surface area contributed by atoms with Crippen LogP contribution in [0, 0.1) is 52.8 Å². The second kappa shape index (κ2) is 11.1. The van der Waals surface area contributed by atoms with Crippen LogP contribution in [0.1, 0.15) is 86.0 Å². The minimum absolute atomic E-state index is 0.0284. The molecule has 0 amide bonds. The summed E-state index contributed by atoms with van der Waals surface area (Å²) < 4.78 is 6.96. The van der Waals surface area contributed by atoms with Crippen molar-refractivity contribution in [3.8, 4) is 0 Å². The SMILES string of the molecule is C/C(=C/C[C@@]1(O)[C@@H]2[C@@H](C[C@@]34O[C@@]5(O)[C@H](C[C@@H](O)[C@@H]23)[C@@]4(C)CC[C@@]5(O)C/C=C(/C)C(=O)O)[C@H]2CN3C[C@@H](C)CC[C@H]3[C@H](C)[C@H]2[C@H]1O)C(=O)O. The van der Waals surface area contributed by atoms with E-state index in [1.165, 1.54) is 26.0 Å². The molecule has 11 nitrogen and oxygen atoms in total. The fraction of sp³-hybridized carbons (Fsp3) is 0.838. The Balaban J connectivity index is 1.35. The van der Waals surface area contributed by atoms with Crippen LogP contribution in [0.5, 0.6) is 0 Å². The van der Waals surface area contributed by atoms with E-state index in [4.69, 9.17) is 4.74 Å². The average molecular weight is 674 g/mol. The molecule has 0 radical (unpaired) electrons. The molecular weight excluding hydrogens is 618 g/mol. The summed E-state index contributed by atoms with van der Waals surface area (Å²) >= 11 is 0. The van der Waals surface area contributed by atoms with E-state index in [0.717, 1.165) is 25.9 Å². The molecule has 16 atom stereocenters. The highest BCUT2D eigenvalue weighted by molar-refractivity contribution is 5.86. The molecule has 48 heavy (non-hydrogen) atoms. The molecule has 4 saturated carbocycles. The number of hydrogen-bond donors (Lipinski definition) is 7. The molecule has 3 aliphatic heterocycles. The Morgan fingerprint density at radius 2 is 1.54 bits per heavy atom. The molecule has 7 aliphatic rings. The molecule has 4 aliphatic carbocycles. The first-order valence-electron chi connectivity index (χ1n) is 18.1. The van der Waals surface area contributed by atoms with E-state index >= 15 is 0 Å². The molecule has 268 valence electrons. The zero-order chi connectivity index (χ0) is 34.9. The van der Waals surface area contributed by atoms with Gasteiger partial charge >= 0.3 is 11.9 Å². The maximum atomic E-state index is 13.0. The van der Waals surface area contributed by atoms with Crippen molar-refractivity contribution >= 4 is 11.9 Å². The zero-order valence-electron chi connectivity index (χ0n) is 28.9. The lowest BCUT2D eigenvalue weighted by molar-refractivity contribution is -0.322. The Morgan fingerprint density at radius 1 is 0.896 bits per heavy atom. The lowest BCUT2D eigenvalue weighted by Crippen LogP contribution is -2.70. The van der Waals surface area contributed by atoms with Crippen molar-refractivity contribution in [2.45, 2.75) is 127 Å². The van der Waals surface area contributed by atoms with Gasteiger partial charge in [-0.1, -0.05) is 32.9 Å². The van der Waals surface area contributed by atoms with E-state index in [1.54, 1.807) is 0 Å². The summed E-state index contributed by atoms with van der Waals surface area (Å²) in [6.45, 7) is 11.1. The number of fused-ring (bicyclic) bond motifs is 5. The van der Waals surface area contributed by atoms with Crippen molar-refractivity contribution in [2.24, 2.45) is 52.8 Å². The van der Waals surface area contributed by atoms with Crippen molar-refractivity contribution in [1.29, 1.82) is 0 Å². The molecular formula is C37H55NO10. The molecule has 4 bridgehead atoms. The molecule has 0 aromatic carbocycles. The van der Waals surface area contributed by atoms with Crippen LogP contribution in [-0.2, 0) is 14.3 Å². The normalized spacial score (nSPS) is 54.6. The van der Waals surface area contributed by atoms with Gasteiger partial charge in [-0.15, -0.1) is 0 Å². The Kier molecular flexibility index (Phi) is 7.97. The van der Waals surface area contributed by atoms with Gasteiger partial charge in [-0.3, -0.25) is 4.90 Å². The lowest BCUT2D eigenvalue weighted by Gasteiger charge is -2.62. The fourth-order valence-electron chi connectivity index (χ4n) is 12.9. The zero-order valence-corrected chi connectivity index (χ0v) is 28.9. The number of rotatable bonds is 6. The number of piperidine rings is 2. The predicted octanol–water partition coefficient (Wildman–Crippen LogP) is 2.54. The second-order valence-electron chi connectivity index (χ2n) is 17.4. The number of carbonyl (C=O) groups is 2. The van der Waals surface area contributed by atoms with Crippen LogP contribution in [0.2, 0.25) is 0 Å². The van der Waals surface area contributed by atoms with Gasteiger partial charge in [0, 0.05) is 59.9 Å². The van der Waals surface area contributed by atoms with Gasteiger partial charge in [-0.25, -0.2) is 9.59 Å². The van der Waals surface area contributed by atoms with Gasteiger partial charge < -0.3 is 40.5 Å². The Labute approximate surface area is 282 Å². The quantitative estimate of drug-likeness (QED) is 0.205. The Hall–Kier alpha value is -1.86. The lowest BCUT2D eigenvalue weighted by atomic mass is 9.47. The van der Waals surface area contributed by atoms with Crippen molar-refractivity contribution < 1.29 is 50.1 Å². The largest absolute Gasteiger partial charge is 0.478 e. The summed E-state index contributed by atoms with van der Waals surface area (Å²) in [5.41, 5.74) is -5.26. The summed E-state index contributed by atoms with van der Waals surface area (Å²) in [7, 11) is 0. The molecule has 3 saturated heterocycles. The molecule has 0 aromatic heterocycles. The summed E-state index contributed by atoms with van der Waals surface area (Å²) in [5.74, 6) is -6.15. The fourth-order valence-corrected chi connectivity index (χ4v) is 12.9. The number of aliphatic hydroxyl groups is 5. The van der Waals surface area contributed by atoms with Crippen molar-refractivity contribution in [3.05, 3.63) is 23.3 Å². The van der Waals surface area contributed by atoms with Gasteiger partial charge in [0.05, 0.1) is 23.4 Å². The third kappa shape index (κ3) is 4.37. The number of aliphatic carboxylic acids is 2. The van der Waals surface area contributed by atoms with Crippen LogP contribution in [-0.4, -0.2) is 107 Å². The molecule has 1 spiro atoms. The first kappa shape index (κ1) is 34.6. The van der Waals surface area contributed by atoms with Crippen LogP contribution in [0.3, 0.4) is 0 Å². The number of aliphatic hydroxyl groups excluding tert-OH is 2. The maximum Gasteiger partial charge on any atom is 0.330 e. The number of hydrogen-bond acceptors (Lipinski definition) is 9. The third-order valence-corrected chi connectivity index (χ3v) is 15.4. The van der Waals surface area contributed by atoms with E-state index < -0.39 is 69.9 Å². The Bertz CT molecular complexity index is 1430. The van der Waals surface area contributed by atoms with Gasteiger partial charge in [0.15, 0.2) is 5.79 Å². The summed E-state index contributed by atoms with van der Waals surface area (Å²) in [6.07, 6.45) is 3.78. The predicted molar refractivity (Wildman–Crippen MR) is 173 cm³/mol.